The van der Waals surface area contributed by atoms with Crippen molar-refractivity contribution >= 4 is 29.3 Å². The molecular weight excluding hydrogens is 274 g/mol. The van der Waals surface area contributed by atoms with Crippen molar-refractivity contribution in [2.24, 2.45) is 0 Å². The molecule has 0 fully saturated rings. The Morgan fingerprint density at radius 2 is 2.05 bits per heavy atom. The summed E-state index contributed by atoms with van der Waals surface area (Å²) < 4.78 is 0. The zero-order chi connectivity index (χ0) is 14.5. The molecule has 0 aliphatic rings. The average Bonchev–Trinajstić information content (AvgIpc) is 2.40. The third-order valence-electron chi connectivity index (χ3n) is 2.69. The van der Waals surface area contributed by atoms with Crippen molar-refractivity contribution in [2.45, 2.75) is 6.92 Å². The maximum absolute atomic E-state index is 11.8. The first kappa shape index (κ1) is 14.2. The summed E-state index contributed by atoms with van der Waals surface area (Å²) in [5.41, 5.74) is 2.15. The lowest BCUT2D eigenvalue weighted by Crippen LogP contribution is -2.07. The molecule has 0 unspecified atom stereocenters. The van der Waals surface area contributed by atoms with Crippen LogP contribution >= 0.6 is 11.6 Å². The largest absolute Gasteiger partial charge is 0.506 e. The molecule has 0 atom stereocenters. The van der Waals surface area contributed by atoms with Gasteiger partial charge in [0.05, 0.1) is 5.69 Å². The van der Waals surface area contributed by atoms with Crippen LogP contribution in [0.3, 0.4) is 0 Å². The first-order valence-corrected chi connectivity index (χ1v) is 6.46. The smallest absolute Gasteiger partial charge is 0.248 e. The van der Waals surface area contributed by atoms with E-state index in [1.165, 1.54) is 6.08 Å². The van der Waals surface area contributed by atoms with Crippen LogP contribution in [-0.4, -0.2) is 11.0 Å². The third kappa shape index (κ3) is 3.87. The molecule has 0 saturated carbocycles. The molecule has 0 spiro atoms. The average molecular weight is 288 g/mol. The van der Waals surface area contributed by atoms with Gasteiger partial charge >= 0.3 is 0 Å². The number of hydrogen-bond acceptors (Lipinski definition) is 2. The number of nitrogens with one attached hydrogen (secondary N) is 1. The predicted molar refractivity (Wildman–Crippen MR) is 82.0 cm³/mol. The van der Waals surface area contributed by atoms with Crippen molar-refractivity contribution in [1.29, 1.82) is 0 Å². The lowest BCUT2D eigenvalue weighted by molar-refractivity contribution is -0.111. The van der Waals surface area contributed by atoms with Gasteiger partial charge in [0.15, 0.2) is 0 Å². The van der Waals surface area contributed by atoms with Crippen molar-refractivity contribution in [3.05, 3.63) is 64.7 Å². The summed E-state index contributed by atoms with van der Waals surface area (Å²) in [6, 6.07) is 12.3. The Hall–Kier alpha value is -2.26. The molecule has 0 bridgehead atoms. The van der Waals surface area contributed by atoms with Gasteiger partial charge in [-0.15, -0.1) is 0 Å². The fraction of sp³-hybridized carbons (Fsp3) is 0.0625. The summed E-state index contributed by atoms with van der Waals surface area (Å²) in [5, 5.41) is 12.9. The number of phenolic OH excluding ortho intramolecular Hbond substituents is 1. The minimum absolute atomic E-state index is 0.0505. The maximum atomic E-state index is 11.8. The minimum Gasteiger partial charge on any atom is -0.506 e. The van der Waals surface area contributed by atoms with Crippen LogP contribution in [-0.2, 0) is 4.79 Å². The second-order valence-electron chi connectivity index (χ2n) is 4.40. The number of carbonyl (C=O) groups excluding carboxylic acids is 1. The van der Waals surface area contributed by atoms with E-state index in [1.807, 2.05) is 25.1 Å². The van der Waals surface area contributed by atoms with Crippen LogP contribution in [0.4, 0.5) is 5.69 Å². The number of benzene rings is 2. The highest BCUT2D eigenvalue weighted by Gasteiger charge is 2.03. The molecule has 3 nitrogen and oxygen atoms in total. The van der Waals surface area contributed by atoms with Gasteiger partial charge in [0.1, 0.15) is 5.75 Å². The molecule has 1 amide bonds. The first-order chi connectivity index (χ1) is 9.54. The lowest BCUT2D eigenvalue weighted by atomic mass is 10.2. The summed E-state index contributed by atoms with van der Waals surface area (Å²) in [4.78, 5) is 11.8. The van der Waals surface area contributed by atoms with E-state index >= 15 is 0 Å². The topological polar surface area (TPSA) is 49.3 Å². The Labute approximate surface area is 122 Å². The fourth-order valence-electron chi connectivity index (χ4n) is 1.70. The van der Waals surface area contributed by atoms with E-state index in [9.17, 15) is 9.90 Å². The number of phenols is 1. The third-order valence-corrected chi connectivity index (χ3v) is 2.92. The van der Waals surface area contributed by atoms with Crippen LogP contribution in [0.1, 0.15) is 11.1 Å². The highest BCUT2D eigenvalue weighted by Crippen LogP contribution is 2.23. The maximum Gasteiger partial charge on any atom is 0.248 e. The fourth-order valence-corrected chi connectivity index (χ4v) is 1.90. The van der Waals surface area contributed by atoms with Crippen LogP contribution in [0.5, 0.6) is 5.75 Å². The summed E-state index contributed by atoms with van der Waals surface area (Å²) in [5.74, 6) is -0.265. The zero-order valence-corrected chi connectivity index (χ0v) is 11.7. The Balaban J connectivity index is 2.05. The van der Waals surface area contributed by atoms with E-state index < -0.39 is 0 Å². The quantitative estimate of drug-likeness (QED) is 0.662. The molecule has 20 heavy (non-hydrogen) atoms. The van der Waals surface area contributed by atoms with Gasteiger partial charge in [-0.2, -0.15) is 0 Å². The number of rotatable bonds is 3. The minimum atomic E-state index is -0.316. The number of hydrogen-bond donors (Lipinski definition) is 2. The molecule has 0 aliphatic heterocycles. The van der Waals surface area contributed by atoms with Crippen LogP contribution in [0.25, 0.3) is 6.08 Å². The summed E-state index contributed by atoms with van der Waals surface area (Å²) in [7, 11) is 0. The highest BCUT2D eigenvalue weighted by atomic mass is 35.5. The van der Waals surface area contributed by atoms with Gasteiger partial charge < -0.3 is 10.4 Å². The molecule has 0 radical (unpaired) electrons. The second kappa shape index (κ2) is 6.26. The SMILES string of the molecule is Cc1ccc(NC(=O)/C=C/c2cccc(Cl)c2)c(O)c1. The number of aryl methyl sites for hydroxylation is 1. The molecular formula is C16H14ClNO2. The number of aromatic hydroxyl groups is 1. The van der Waals surface area contributed by atoms with Gasteiger partial charge in [0.2, 0.25) is 5.91 Å². The van der Waals surface area contributed by atoms with Gasteiger partial charge in [-0.1, -0.05) is 29.8 Å². The first-order valence-electron chi connectivity index (χ1n) is 6.09. The highest BCUT2D eigenvalue weighted by molar-refractivity contribution is 6.30. The van der Waals surface area contributed by atoms with E-state index in [0.29, 0.717) is 10.7 Å². The normalized spacial score (nSPS) is 10.7. The summed E-state index contributed by atoms with van der Waals surface area (Å²) in [6.45, 7) is 1.87. The number of anilines is 1. The van der Waals surface area contributed by atoms with Gasteiger partial charge in [-0.3, -0.25) is 4.79 Å². The van der Waals surface area contributed by atoms with Crippen molar-refractivity contribution in [3.63, 3.8) is 0 Å². The van der Waals surface area contributed by atoms with E-state index in [4.69, 9.17) is 11.6 Å². The van der Waals surface area contributed by atoms with Gasteiger partial charge in [-0.05, 0) is 48.4 Å². The van der Waals surface area contributed by atoms with Crippen LogP contribution in [0.2, 0.25) is 5.02 Å². The molecule has 0 aromatic heterocycles. The van der Waals surface area contributed by atoms with Crippen LogP contribution in [0.15, 0.2) is 48.5 Å². The standard InChI is InChI=1S/C16H14ClNO2/c1-11-5-7-14(15(19)9-11)18-16(20)8-6-12-3-2-4-13(17)10-12/h2-10,19H,1H3,(H,18,20)/b8-6+. The van der Waals surface area contributed by atoms with Crippen molar-refractivity contribution < 1.29 is 9.90 Å². The molecule has 0 saturated heterocycles. The molecule has 2 aromatic rings. The van der Waals surface area contributed by atoms with E-state index in [0.717, 1.165) is 11.1 Å². The van der Waals surface area contributed by atoms with Crippen molar-refractivity contribution in [2.75, 3.05) is 5.32 Å². The monoisotopic (exact) mass is 287 g/mol. The molecule has 0 heterocycles. The number of carbonyl (C=O) groups is 1. The van der Waals surface area contributed by atoms with E-state index in [2.05, 4.69) is 5.32 Å². The molecule has 2 N–H and O–H groups in total. The lowest BCUT2D eigenvalue weighted by Gasteiger charge is -2.05. The van der Waals surface area contributed by atoms with Gasteiger partial charge in [-0.25, -0.2) is 0 Å². The predicted octanol–water partition coefficient (Wildman–Crippen LogP) is 4.01. The van der Waals surface area contributed by atoms with Crippen LogP contribution in [0, 0.1) is 6.92 Å². The molecule has 4 heteroatoms. The molecule has 102 valence electrons. The molecule has 2 rings (SSSR count). The Morgan fingerprint density at radius 3 is 2.75 bits per heavy atom. The van der Waals surface area contributed by atoms with E-state index in [1.54, 1.807) is 30.3 Å². The molecule has 2 aromatic carbocycles. The van der Waals surface area contributed by atoms with Crippen molar-refractivity contribution in [1.82, 2.24) is 0 Å². The van der Waals surface area contributed by atoms with Gasteiger partial charge in [0, 0.05) is 11.1 Å². The summed E-state index contributed by atoms with van der Waals surface area (Å²) >= 11 is 5.86. The van der Waals surface area contributed by atoms with Crippen molar-refractivity contribution in [3.8, 4) is 5.75 Å². The number of halogens is 1. The Morgan fingerprint density at radius 1 is 1.25 bits per heavy atom. The van der Waals surface area contributed by atoms with E-state index in [-0.39, 0.29) is 11.7 Å². The Kier molecular flexibility index (Phi) is 4.43. The van der Waals surface area contributed by atoms with Crippen LogP contribution < -0.4 is 5.32 Å². The zero-order valence-electron chi connectivity index (χ0n) is 10.9. The second-order valence-corrected chi connectivity index (χ2v) is 4.83. The summed E-state index contributed by atoms with van der Waals surface area (Å²) in [6.07, 6.45) is 3.05. The Bertz CT molecular complexity index is 665. The molecule has 0 aliphatic carbocycles. The number of amides is 1. The van der Waals surface area contributed by atoms with Gasteiger partial charge in [0.25, 0.3) is 0 Å².